The molecular weight excluding hydrogens is 384 g/mol. The first kappa shape index (κ1) is 17.9. The molecule has 0 saturated carbocycles. The van der Waals surface area contributed by atoms with Gasteiger partial charge in [0, 0.05) is 24.6 Å². The first-order chi connectivity index (χ1) is 13.0. The maximum atomic E-state index is 13.1. The van der Waals surface area contributed by atoms with Crippen molar-refractivity contribution < 1.29 is 9.53 Å². The highest BCUT2D eigenvalue weighted by Crippen LogP contribution is 2.46. The van der Waals surface area contributed by atoms with Crippen molar-refractivity contribution in [2.24, 2.45) is 5.10 Å². The topological polar surface area (TPSA) is 75.9 Å². The standard InChI is InChI=1S/C18H18N4O3S2/c1-5-22-16(24)14(27-17(22)13-9(2)19-20-15(13)23)18-21(3)11-8-10(25-4)6-7-12(11)26-18/h6-8H,5H2,1-4H3,(H,20,23). The summed E-state index contributed by atoms with van der Waals surface area (Å²) in [7, 11) is 3.57. The van der Waals surface area contributed by atoms with Crippen LogP contribution < -0.4 is 29.8 Å². The fourth-order valence-electron chi connectivity index (χ4n) is 3.13. The van der Waals surface area contributed by atoms with Gasteiger partial charge in [-0.2, -0.15) is 5.10 Å². The Morgan fingerprint density at radius 3 is 2.70 bits per heavy atom. The Labute approximate surface area is 163 Å². The molecule has 3 heterocycles. The molecule has 140 valence electrons. The van der Waals surface area contributed by atoms with Crippen molar-refractivity contribution in [1.82, 2.24) is 9.99 Å². The molecule has 1 N–H and O–H groups in total. The number of methoxy groups -OCH3 is 1. The zero-order chi connectivity index (χ0) is 19.3. The van der Waals surface area contributed by atoms with Crippen LogP contribution in [0, 0.1) is 0 Å². The van der Waals surface area contributed by atoms with Crippen LogP contribution in [-0.2, 0) is 11.3 Å². The van der Waals surface area contributed by atoms with Crippen LogP contribution in [0.4, 0.5) is 5.69 Å². The summed E-state index contributed by atoms with van der Waals surface area (Å²) in [5, 5.41) is 4.85. The number of amides is 1. The molecule has 4 rings (SSSR count). The lowest BCUT2D eigenvalue weighted by molar-refractivity contribution is -0.115. The quantitative estimate of drug-likeness (QED) is 0.808. The van der Waals surface area contributed by atoms with Crippen molar-refractivity contribution in [2.45, 2.75) is 25.3 Å². The number of anilines is 1. The Bertz CT molecular complexity index is 1180. The number of thioether (sulfide) groups is 1. The van der Waals surface area contributed by atoms with Crippen LogP contribution in [0.5, 0.6) is 5.75 Å². The number of benzene rings is 1. The van der Waals surface area contributed by atoms with E-state index < -0.39 is 0 Å². The third kappa shape index (κ3) is 2.69. The Hall–Kier alpha value is -2.52. The molecule has 0 spiro atoms. The average Bonchev–Trinajstić information content (AvgIpc) is 3.28. The second-order valence-electron chi connectivity index (χ2n) is 6.10. The van der Waals surface area contributed by atoms with Gasteiger partial charge in [0.05, 0.1) is 24.1 Å². The number of ether oxygens (including phenoxy) is 1. The highest BCUT2D eigenvalue weighted by atomic mass is 32.2. The lowest BCUT2D eigenvalue weighted by Gasteiger charge is -2.13. The molecule has 0 atom stereocenters. The van der Waals surface area contributed by atoms with Crippen LogP contribution >= 0.6 is 23.1 Å². The monoisotopic (exact) mass is 402 g/mol. The van der Waals surface area contributed by atoms with E-state index in [1.165, 1.54) is 11.3 Å². The molecule has 27 heavy (non-hydrogen) atoms. The normalized spacial score (nSPS) is 19.9. The molecule has 7 nitrogen and oxygen atoms in total. The number of thiazole rings is 1. The third-order valence-electron chi connectivity index (χ3n) is 4.56. The van der Waals surface area contributed by atoms with Gasteiger partial charge in [-0.15, -0.1) is 11.3 Å². The average molecular weight is 403 g/mol. The van der Waals surface area contributed by atoms with Crippen LogP contribution in [0.3, 0.4) is 0 Å². The zero-order valence-electron chi connectivity index (χ0n) is 15.3. The lowest BCUT2D eigenvalue weighted by Crippen LogP contribution is -2.35. The number of rotatable bonds is 2. The molecule has 1 amide bonds. The summed E-state index contributed by atoms with van der Waals surface area (Å²) in [6.07, 6.45) is 0. The van der Waals surface area contributed by atoms with E-state index in [1.54, 1.807) is 30.4 Å². The van der Waals surface area contributed by atoms with Crippen LogP contribution in [0.1, 0.15) is 13.8 Å². The number of aromatic nitrogens is 1. The van der Waals surface area contributed by atoms with Gasteiger partial charge in [0.2, 0.25) is 0 Å². The number of carbonyl (C=O) groups excluding carboxylic acids is 1. The number of hydrogen-bond acceptors (Lipinski definition) is 7. The molecule has 1 aromatic heterocycles. The molecule has 0 fully saturated rings. The SMILES string of the molecule is CCn1c(=C2C(=O)NN=C2C)sc(=C2Sc3ccc(OC)cc3N2C)c1=O. The van der Waals surface area contributed by atoms with Gasteiger partial charge in [0.25, 0.3) is 11.5 Å². The highest BCUT2D eigenvalue weighted by Gasteiger charge is 2.27. The fourth-order valence-corrected chi connectivity index (χ4v) is 5.72. The zero-order valence-corrected chi connectivity index (χ0v) is 17.0. The van der Waals surface area contributed by atoms with Gasteiger partial charge in [0.15, 0.2) is 0 Å². The first-order valence-electron chi connectivity index (χ1n) is 8.39. The summed E-state index contributed by atoms with van der Waals surface area (Å²) < 4.78 is 8.22. The molecule has 0 bridgehead atoms. The van der Waals surface area contributed by atoms with Gasteiger partial charge in [-0.1, -0.05) is 11.8 Å². The Morgan fingerprint density at radius 1 is 1.30 bits per heavy atom. The van der Waals surface area contributed by atoms with Gasteiger partial charge >= 0.3 is 0 Å². The van der Waals surface area contributed by atoms with Gasteiger partial charge in [-0.05, 0) is 26.0 Å². The molecule has 9 heteroatoms. The summed E-state index contributed by atoms with van der Waals surface area (Å²) in [5.74, 6) is 0.498. The third-order valence-corrected chi connectivity index (χ3v) is 7.12. The minimum Gasteiger partial charge on any atom is -0.497 e. The molecule has 2 aromatic rings. The fraction of sp³-hybridized carbons (Fsp3) is 0.278. The van der Waals surface area contributed by atoms with E-state index in [0.29, 0.717) is 27.0 Å². The maximum absolute atomic E-state index is 13.1. The molecule has 0 radical (unpaired) electrons. The molecule has 0 unspecified atom stereocenters. The van der Waals surface area contributed by atoms with Gasteiger partial charge in [0.1, 0.15) is 20.0 Å². The van der Waals surface area contributed by atoms with Crippen molar-refractivity contribution >= 4 is 51.0 Å². The first-order valence-corrected chi connectivity index (χ1v) is 10.0. The summed E-state index contributed by atoms with van der Waals surface area (Å²) in [4.78, 5) is 28.4. The Morgan fingerprint density at radius 2 is 2.07 bits per heavy atom. The predicted molar refractivity (Wildman–Crippen MR) is 109 cm³/mol. The van der Waals surface area contributed by atoms with Gasteiger partial charge in [-0.3, -0.25) is 14.2 Å². The summed E-state index contributed by atoms with van der Waals surface area (Å²) in [5.41, 5.74) is 4.44. The maximum Gasteiger partial charge on any atom is 0.276 e. The summed E-state index contributed by atoms with van der Waals surface area (Å²) >= 11 is 2.89. The number of fused-ring (bicyclic) bond motifs is 1. The minimum atomic E-state index is -0.270. The Kier molecular flexibility index (Phi) is 4.35. The van der Waals surface area contributed by atoms with E-state index in [-0.39, 0.29) is 11.5 Å². The molecule has 0 aliphatic carbocycles. The highest BCUT2D eigenvalue weighted by molar-refractivity contribution is 8.08. The van der Waals surface area contributed by atoms with Crippen LogP contribution in [0.2, 0.25) is 0 Å². The molecule has 1 aromatic carbocycles. The van der Waals surface area contributed by atoms with Crippen molar-refractivity contribution in [3.05, 3.63) is 37.7 Å². The largest absolute Gasteiger partial charge is 0.497 e. The van der Waals surface area contributed by atoms with E-state index in [9.17, 15) is 9.59 Å². The van der Waals surface area contributed by atoms with Crippen molar-refractivity contribution in [1.29, 1.82) is 0 Å². The number of nitrogens with zero attached hydrogens (tertiary/aromatic N) is 3. The summed E-state index contributed by atoms with van der Waals surface area (Å²) in [6.45, 7) is 4.15. The number of carbonyl (C=O) groups is 1. The molecular formula is C18H18N4O3S2. The predicted octanol–water partition coefficient (Wildman–Crippen LogP) is 0.902. The lowest BCUT2D eigenvalue weighted by atomic mass is 10.2. The van der Waals surface area contributed by atoms with E-state index in [4.69, 9.17) is 4.74 Å². The van der Waals surface area contributed by atoms with Crippen molar-refractivity contribution in [2.75, 3.05) is 19.1 Å². The van der Waals surface area contributed by atoms with Crippen LogP contribution in [-0.4, -0.2) is 30.3 Å². The molecule has 0 saturated heterocycles. The van der Waals surface area contributed by atoms with Crippen molar-refractivity contribution in [3.8, 4) is 5.75 Å². The molecule has 2 aliphatic heterocycles. The van der Waals surface area contributed by atoms with E-state index in [1.807, 2.05) is 37.1 Å². The number of hydrogen-bond donors (Lipinski definition) is 1. The Balaban J connectivity index is 1.99. The van der Waals surface area contributed by atoms with Crippen molar-refractivity contribution in [3.63, 3.8) is 0 Å². The second kappa shape index (κ2) is 6.58. The van der Waals surface area contributed by atoms with E-state index >= 15 is 0 Å². The van der Waals surface area contributed by atoms with Gasteiger partial charge in [-0.25, -0.2) is 5.43 Å². The molecule has 2 aliphatic rings. The second-order valence-corrected chi connectivity index (χ2v) is 8.13. The van der Waals surface area contributed by atoms with Crippen LogP contribution in [0.15, 0.2) is 33.0 Å². The van der Waals surface area contributed by atoms with E-state index in [0.717, 1.165) is 21.4 Å². The minimum absolute atomic E-state index is 0.0911. The summed E-state index contributed by atoms with van der Waals surface area (Å²) in [6, 6.07) is 5.86. The number of hydrazone groups is 1. The van der Waals surface area contributed by atoms with Crippen LogP contribution in [0.25, 0.3) is 10.6 Å². The smallest absolute Gasteiger partial charge is 0.276 e. The van der Waals surface area contributed by atoms with E-state index in [2.05, 4.69) is 10.5 Å². The van der Waals surface area contributed by atoms with Gasteiger partial charge < -0.3 is 9.64 Å². The number of nitrogens with one attached hydrogen (secondary N) is 1.